The third-order valence-electron chi connectivity index (χ3n) is 6.99. The molecule has 0 unspecified atom stereocenters. The molecule has 210 valence electrons. The van der Waals surface area contributed by atoms with Gasteiger partial charge >= 0.3 is 0 Å². The molecule has 0 bridgehead atoms. The Morgan fingerprint density at radius 2 is 1.81 bits per heavy atom. The Kier molecular flexibility index (Phi) is 7.35. The first-order valence-electron chi connectivity index (χ1n) is 13.6. The van der Waals surface area contributed by atoms with E-state index in [-0.39, 0.29) is 5.91 Å². The number of aromatic nitrogens is 4. The van der Waals surface area contributed by atoms with E-state index in [9.17, 15) is 4.79 Å². The molecule has 0 radical (unpaired) electrons. The average molecular weight is 594 g/mol. The van der Waals surface area contributed by atoms with E-state index in [0.717, 1.165) is 70.2 Å². The molecule has 6 aromatic rings. The second-order valence-corrected chi connectivity index (χ2v) is 11.7. The smallest absolute Gasteiger partial charge is 0.229 e. The van der Waals surface area contributed by atoms with E-state index < -0.39 is 0 Å². The van der Waals surface area contributed by atoms with Crippen molar-refractivity contribution >= 4 is 56.6 Å². The molecule has 0 saturated carbocycles. The summed E-state index contributed by atoms with van der Waals surface area (Å²) in [6.07, 6.45) is 4.10. The molecule has 1 amide bonds. The number of nitrogens with zero attached hydrogens (tertiary/aromatic N) is 5. The molecule has 2 N–H and O–H groups in total. The summed E-state index contributed by atoms with van der Waals surface area (Å²) in [4.78, 5) is 31.2. The van der Waals surface area contributed by atoms with E-state index in [0.29, 0.717) is 12.4 Å². The number of imidazole rings is 1. The van der Waals surface area contributed by atoms with Crippen LogP contribution in [0.1, 0.15) is 4.88 Å². The number of carbonyl (C=O) groups excluding carboxylic acids is 1. The summed E-state index contributed by atoms with van der Waals surface area (Å²) in [6.45, 7) is 3.30. The van der Waals surface area contributed by atoms with E-state index in [1.807, 2.05) is 76.0 Å². The molecule has 42 heavy (non-hydrogen) atoms. The Labute approximate surface area is 250 Å². The maximum Gasteiger partial charge on any atom is 0.229 e. The first kappa shape index (κ1) is 26.3. The summed E-state index contributed by atoms with van der Waals surface area (Å²) in [7, 11) is 0. The summed E-state index contributed by atoms with van der Waals surface area (Å²) >= 11 is 3.14. The predicted molar refractivity (Wildman–Crippen MR) is 169 cm³/mol. The van der Waals surface area contributed by atoms with Crippen molar-refractivity contribution in [1.82, 2.24) is 19.4 Å². The third kappa shape index (κ3) is 5.62. The maximum absolute atomic E-state index is 12.6. The number of ether oxygens (including phenoxy) is 1. The van der Waals surface area contributed by atoms with Crippen molar-refractivity contribution in [2.75, 3.05) is 41.8 Å². The second kappa shape index (κ2) is 11.7. The fraction of sp³-hybridized carbons (Fsp3) is 0.161. The number of hydrogen-bond donors (Lipinski definition) is 2. The Bertz CT molecular complexity index is 1820. The van der Waals surface area contributed by atoms with Crippen LogP contribution in [0.4, 0.5) is 23.0 Å². The van der Waals surface area contributed by atoms with Gasteiger partial charge < -0.3 is 20.3 Å². The van der Waals surface area contributed by atoms with Gasteiger partial charge in [0.05, 0.1) is 31.0 Å². The molecular weight excluding hydrogens is 567 g/mol. The Balaban J connectivity index is 1.15. The van der Waals surface area contributed by atoms with Crippen molar-refractivity contribution in [1.29, 1.82) is 0 Å². The number of carbonyl (C=O) groups is 1. The number of thiophene rings is 1. The molecule has 9 nitrogen and oxygen atoms in total. The van der Waals surface area contributed by atoms with Crippen molar-refractivity contribution in [2.24, 2.45) is 0 Å². The zero-order valence-corrected chi connectivity index (χ0v) is 24.2. The van der Waals surface area contributed by atoms with Crippen molar-refractivity contribution < 1.29 is 9.53 Å². The Morgan fingerprint density at radius 3 is 2.64 bits per heavy atom. The van der Waals surface area contributed by atoms with Crippen LogP contribution in [-0.4, -0.2) is 51.6 Å². The molecule has 7 rings (SSSR count). The van der Waals surface area contributed by atoms with Crippen molar-refractivity contribution in [3.63, 3.8) is 0 Å². The van der Waals surface area contributed by atoms with Gasteiger partial charge in [0.1, 0.15) is 5.69 Å². The highest BCUT2D eigenvalue weighted by molar-refractivity contribution is 7.15. The highest BCUT2D eigenvalue weighted by Crippen LogP contribution is 2.35. The van der Waals surface area contributed by atoms with Crippen LogP contribution in [0.5, 0.6) is 0 Å². The van der Waals surface area contributed by atoms with E-state index in [4.69, 9.17) is 14.7 Å². The van der Waals surface area contributed by atoms with Crippen molar-refractivity contribution in [3.05, 3.63) is 94.8 Å². The van der Waals surface area contributed by atoms with Crippen LogP contribution < -0.4 is 15.5 Å². The lowest BCUT2D eigenvalue weighted by Gasteiger charge is -2.28. The highest BCUT2D eigenvalue weighted by atomic mass is 32.1. The highest BCUT2D eigenvalue weighted by Gasteiger charge is 2.19. The van der Waals surface area contributed by atoms with Crippen LogP contribution in [0.2, 0.25) is 0 Å². The molecule has 1 aliphatic heterocycles. The number of benzene rings is 2. The van der Waals surface area contributed by atoms with Crippen molar-refractivity contribution in [3.8, 4) is 22.6 Å². The van der Waals surface area contributed by atoms with Crippen LogP contribution in [0.15, 0.2) is 89.9 Å². The number of amides is 1. The van der Waals surface area contributed by atoms with Gasteiger partial charge in [-0.2, -0.15) is 0 Å². The van der Waals surface area contributed by atoms with E-state index >= 15 is 0 Å². The monoisotopic (exact) mass is 593 g/mol. The van der Waals surface area contributed by atoms with Gasteiger partial charge in [0, 0.05) is 58.4 Å². The minimum atomic E-state index is -0.0508. The average Bonchev–Trinajstić information content (AvgIpc) is 3.77. The normalized spacial score (nSPS) is 13.4. The number of fused-ring (bicyclic) bond motifs is 1. The summed E-state index contributed by atoms with van der Waals surface area (Å²) < 4.78 is 7.52. The SMILES string of the molecule is O=C(Cc1cccs1)Nc1cccc(-c2nc3sccn3c2-c2ccnc(Nc3ccc(N4CCOCC4)cc3)n2)c1. The summed E-state index contributed by atoms with van der Waals surface area (Å²) in [5.41, 5.74) is 6.09. The van der Waals surface area contributed by atoms with Crippen LogP contribution >= 0.6 is 22.7 Å². The number of rotatable bonds is 8. The lowest BCUT2D eigenvalue weighted by Crippen LogP contribution is -2.36. The topological polar surface area (TPSA) is 96.7 Å². The molecule has 11 heteroatoms. The van der Waals surface area contributed by atoms with Crippen LogP contribution in [0.3, 0.4) is 0 Å². The van der Waals surface area contributed by atoms with Gasteiger partial charge in [0.15, 0.2) is 4.96 Å². The van der Waals surface area contributed by atoms with Gasteiger partial charge in [-0.3, -0.25) is 9.20 Å². The van der Waals surface area contributed by atoms with Crippen LogP contribution in [-0.2, 0) is 16.0 Å². The Morgan fingerprint density at radius 1 is 0.929 bits per heavy atom. The largest absolute Gasteiger partial charge is 0.378 e. The standard InChI is InChI=1S/C31H27N7O2S2/c39-27(20-25-5-2-17-41-25)33-23-4-1-3-21(19-23)28-29(38-14-18-42-31(38)36-28)26-10-11-32-30(35-26)34-22-6-8-24(9-7-22)37-12-15-40-16-13-37/h1-11,14,17-19H,12-13,15-16,20H2,(H,33,39)(H,32,34,35). The molecular formula is C31H27N7O2S2. The molecule has 1 fully saturated rings. The van der Waals surface area contributed by atoms with Gasteiger partial charge in [-0.1, -0.05) is 18.2 Å². The van der Waals surface area contributed by atoms with Crippen molar-refractivity contribution in [2.45, 2.75) is 6.42 Å². The second-order valence-electron chi connectivity index (χ2n) is 9.79. The van der Waals surface area contributed by atoms with E-state index in [1.54, 1.807) is 28.9 Å². The zero-order chi connectivity index (χ0) is 28.3. The molecule has 0 atom stereocenters. The first-order chi connectivity index (χ1) is 20.7. The molecule has 1 saturated heterocycles. The number of morpholine rings is 1. The predicted octanol–water partition coefficient (Wildman–Crippen LogP) is 6.34. The quantitative estimate of drug-likeness (QED) is 0.213. The summed E-state index contributed by atoms with van der Waals surface area (Å²) in [6, 6.07) is 21.9. The summed E-state index contributed by atoms with van der Waals surface area (Å²) in [5, 5.41) is 10.4. The maximum atomic E-state index is 12.6. The van der Waals surface area contributed by atoms with E-state index in [2.05, 4.69) is 32.7 Å². The Hall–Kier alpha value is -4.58. The van der Waals surface area contributed by atoms with Crippen LogP contribution in [0.25, 0.3) is 27.6 Å². The lowest BCUT2D eigenvalue weighted by molar-refractivity contribution is -0.115. The fourth-order valence-electron chi connectivity index (χ4n) is 5.01. The van der Waals surface area contributed by atoms with Gasteiger partial charge in [0.25, 0.3) is 0 Å². The van der Waals surface area contributed by atoms with Gasteiger partial charge in [-0.05, 0) is 53.9 Å². The molecule has 5 heterocycles. The summed E-state index contributed by atoms with van der Waals surface area (Å²) in [5.74, 6) is 0.447. The molecule has 0 spiro atoms. The minimum absolute atomic E-state index is 0.0508. The molecule has 4 aromatic heterocycles. The first-order valence-corrected chi connectivity index (χ1v) is 15.4. The fourth-order valence-corrected chi connectivity index (χ4v) is 6.43. The molecule has 2 aromatic carbocycles. The van der Waals surface area contributed by atoms with Gasteiger partial charge in [-0.25, -0.2) is 15.0 Å². The lowest BCUT2D eigenvalue weighted by atomic mass is 10.1. The van der Waals surface area contributed by atoms with Gasteiger partial charge in [0.2, 0.25) is 11.9 Å². The number of thiazole rings is 1. The zero-order valence-electron chi connectivity index (χ0n) is 22.6. The number of nitrogens with one attached hydrogen (secondary N) is 2. The minimum Gasteiger partial charge on any atom is -0.378 e. The number of anilines is 4. The van der Waals surface area contributed by atoms with E-state index in [1.165, 1.54) is 5.69 Å². The van der Waals surface area contributed by atoms with Crippen LogP contribution in [0, 0.1) is 0 Å². The van der Waals surface area contributed by atoms with Gasteiger partial charge in [-0.15, -0.1) is 22.7 Å². The molecule has 1 aliphatic rings. The third-order valence-corrected chi connectivity index (χ3v) is 8.63. The number of hydrogen-bond acceptors (Lipinski definition) is 9. The molecule has 0 aliphatic carbocycles.